The summed E-state index contributed by atoms with van der Waals surface area (Å²) in [5.41, 5.74) is 3.11. The maximum atomic E-state index is 14.0. The zero-order valence-electron chi connectivity index (χ0n) is 21.4. The number of carbonyl (C=O) groups is 2. The van der Waals surface area contributed by atoms with Crippen molar-refractivity contribution >= 4 is 28.5 Å². The van der Waals surface area contributed by atoms with Gasteiger partial charge in [-0.05, 0) is 67.1 Å². The Labute approximate surface area is 221 Å². The van der Waals surface area contributed by atoms with Crippen molar-refractivity contribution in [3.8, 4) is 5.75 Å². The normalized spacial score (nSPS) is 15.7. The second-order valence-electron chi connectivity index (χ2n) is 9.45. The number of methoxy groups -OCH3 is 1. The van der Waals surface area contributed by atoms with E-state index in [4.69, 9.17) is 4.74 Å². The molecular formula is C30H31N5O3. The van der Waals surface area contributed by atoms with Gasteiger partial charge in [0.2, 0.25) is 11.8 Å². The molecule has 2 atom stereocenters. The van der Waals surface area contributed by atoms with Crippen molar-refractivity contribution < 1.29 is 14.3 Å². The number of para-hydroxylation sites is 1. The molecule has 0 bridgehead atoms. The standard InChI is InChI=1S/C30H31N5O3/c1-38-25-18-16-24(17-19-25)31-30(37)29(23-12-6-3-7-13-23)34(20-22-10-4-2-5-11-22)28(36)21-35-27-15-9-8-14-26(27)32-33-35/h2-6,8-11,14-19,23,29H,7,12-13,20-21H2,1H3,(H,31,37)/t23-,29-/m1/s1. The molecule has 0 saturated carbocycles. The summed E-state index contributed by atoms with van der Waals surface area (Å²) < 4.78 is 6.85. The number of amides is 2. The summed E-state index contributed by atoms with van der Waals surface area (Å²) in [7, 11) is 1.60. The van der Waals surface area contributed by atoms with Gasteiger partial charge in [-0.25, -0.2) is 4.68 Å². The van der Waals surface area contributed by atoms with E-state index in [9.17, 15) is 9.59 Å². The topological polar surface area (TPSA) is 89.4 Å². The first-order chi connectivity index (χ1) is 18.6. The van der Waals surface area contributed by atoms with Gasteiger partial charge < -0.3 is 15.0 Å². The zero-order chi connectivity index (χ0) is 26.3. The Bertz CT molecular complexity index is 1410. The predicted octanol–water partition coefficient (Wildman–Crippen LogP) is 4.83. The molecule has 0 fully saturated rings. The molecule has 2 amide bonds. The Morgan fingerprint density at radius 2 is 1.79 bits per heavy atom. The highest BCUT2D eigenvalue weighted by Crippen LogP contribution is 2.28. The van der Waals surface area contributed by atoms with Crippen LogP contribution in [-0.4, -0.2) is 44.9 Å². The number of rotatable bonds is 9. The fraction of sp³-hybridized carbons (Fsp3) is 0.267. The molecular weight excluding hydrogens is 478 g/mol. The second kappa shape index (κ2) is 11.7. The van der Waals surface area contributed by atoms with Crippen LogP contribution in [0.25, 0.3) is 11.0 Å². The summed E-state index contributed by atoms with van der Waals surface area (Å²) in [6.07, 6.45) is 6.67. The van der Waals surface area contributed by atoms with Crippen molar-refractivity contribution in [1.29, 1.82) is 0 Å². The Kier molecular flexibility index (Phi) is 7.78. The predicted molar refractivity (Wildman–Crippen MR) is 146 cm³/mol. The second-order valence-corrected chi connectivity index (χ2v) is 9.45. The van der Waals surface area contributed by atoms with Crippen LogP contribution in [0.1, 0.15) is 24.8 Å². The van der Waals surface area contributed by atoms with Crippen molar-refractivity contribution in [2.45, 2.75) is 38.4 Å². The SMILES string of the molecule is COc1ccc(NC(=O)[C@@H]([C@@H]2CC=CCC2)N(Cc2ccccc2)C(=O)Cn2nnc3ccccc32)cc1. The molecule has 3 aromatic carbocycles. The van der Waals surface area contributed by atoms with E-state index in [1.807, 2.05) is 54.6 Å². The minimum absolute atomic E-state index is 0.0117. The molecule has 1 heterocycles. The van der Waals surface area contributed by atoms with E-state index < -0.39 is 6.04 Å². The van der Waals surface area contributed by atoms with Crippen molar-refractivity contribution in [2.75, 3.05) is 12.4 Å². The molecule has 4 aromatic rings. The lowest BCUT2D eigenvalue weighted by Crippen LogP contribution is -2.52. The van der Waals surface area contributed by atoms with Crippen LogP contribution >= 0.6 is 0 Å². The van der Waals surface area contributed by atoms with E-state index in [0.717, 1.165) is 35.9 Å². The fourth-order valence-corrected chi connectivity index (χ4v) is 4.98. The average Bonchev–Trinajstić information content (AvgIpc) is 3.37. The quantitative estimate of drug-likeness (QED) is 0.327. The van der Waals surface area contributed by atoms with Crippen LogP contribution in [0, 0.1) is 5.92 Å². The molecule has 8 heteroatoms. The van der Waals surface area contributed by atoms with E-state index in [2.05, 4.69) is 27.8 Å². The highest BCUT2D eigenvalue weighted by atomic mass is 16.5. The molecule has 8 nitrogen and oxygen atoms in total. The van der Waals surface area contributed by atoms with Gasteiger partial charge in [-0.15, -0.1) is 5.10 Å². The van der Waals surface area contributed by atoms with Gasteiger partial charge in [-0.2, -0.15) is 0 Å². The average molecular weight is 510 g/mol. The molecule has 0 saturated heterocycles. The van der Waals surface area contributed by atoms with Crippen molar-refractivity contribution in [3.63, 3.8) is 0 Å². The molecule has 0 spiro atoms. The minimum Gasteiger partial charge on any atom is -0.497 e. The summed E-state index contributed by atoms with van der Waals surface area (Å²) in [4.78, 5) is 29.6. The van der Waals surface area contributed by atoms with E-state index in [1.54, 1.807) is 41.0 Å². The number of fused-ring (bicyclic) bond motifs is 1. The molecule has 0 aliphatic heterocycles. The summed E-state index contributed by atoms with van der Waals surface area (Å²) in [5.74, 6) is 0.299. The van der Waals surface area contributed by atoms with Gasteiger partial charge in [-0.1, -0.05) is 59.8 Å². The third kappa shape index (κ3) is 5.75. The van der Waals surface area contributed by atoms with Crippen LogP contribution in [-0.2, 0) is 22.7 Å². The summed E-state index contributed by atoms with van der Waals surface area (Å²) >= 11 is 0. The lowest BCUT2D eigenvalue weighted by Gasteiger charge is -2.37. The van der Waals surface area contributed by atoms with E-state index in [-0.39, 0.29) is 24.3 Å². The third-order valence-corrected chi connectivity index (χ3v) is 6.94. The van der Waals surface area contributed by atoms with Crippen LogP contribution in [0.3, 0.4) is 0 Å². The van der Waals surface area contributed by atoms with Crippen LogP contribution in [0.15, 0.2) is 91.0 Å². The molecule has 1 N–H and O–H groups in total. The van der Waals surface area contributed by atoms with Gasteiger partial charge >= 0.3 is 0 Å². The Hall–Kier alpha value is -4.46. The first-order valence-corrected chi connectivity index (χ1v) is 12.8. The molecule has 1 aliphatic rings. The fourth-order valence-electron chi connectivity index (χ4n) is 4.98. The van der Waals surface area contributed by atoms with Crippen LogP contribution in [0.5, 0.6) is 5.75 Å². The largest absolute Gasteiger partial charge is 0.497 e. The summed E-state index contributed by atoms with van der Waals surface area (Å²) in [5, 5.41) is 11.5. The number of nitrogens with one attached hydrogen (secondary N) is 1. The van der Waals surface area contributed by atoms with Gasteiger partial charge in [0.1, 0.15) is 23.9 Å². The van der Waals surface area contributed by atoms with Gasteiger partial charge in [0, 0.05) is 12.2 Å². The maximum absolute atomic E-state index is 14.0. The molecule has 0 radical (unpaired) electrons. The Morgan fingerprint density at radius 1 is 1.03 bits per heavy atom. The van der Waals surface area contributed by atoms with Crippen molar-refractivity contribution in [1.82, 2.24) is 19.9 Å². The van der Waals surface area contributed by atoms with E-state index in [0.29, 0.717) is 18.0 Å². The highest BCUT2D eigenvalue weighted by Gasteiger charge is 2.37. The van der Waals surface area contributed by atoms with E-state index in [1.165, 1.54) is 0 Å². The number of hydrogen-bond acceptors (Lipinski definition) is 5. The molecule has 1 aliphatic carbocycles. The number of allylic oxidation sites excluding steroid dienone is 2. The molecule has 0 unspecified atom stereocenters. The van der Waals surface area contributed by atoms with Crippen molar-refractivity contribution in [2.24, 2.45) is 5.92 Å². The highest BCUT2D eigenvalue weighted by molar-refractivity contribution is 5.97. The monoisotopic (exact) mass is 509 g/mol. The first kappa shape index (κ1) is 25.2. The number of nitrogens with zero attached hydrogens (tertiary/aromatic N) is 4. The first-order valence-electron chi connectivity index (χ1n) is 12.8. The molecule has 38 heavy (non-hydrogen) atoms. The minimum atomic E-state index is -0.662. The smallest absolute Gasteiger partial charge is 0.247 e. The van der Waals surface area contributed by atoms with Gasteiger partial charge in [0.25, 0.3) is 0 Å². The number of anilines is 1. The zero-order valence-corrected chi connectivity index (χ0v) is 21.4. The molecule has 5 rings (SSSR count). The number of carbonyl (C=O) groups excluding carboxylic acids is 2. The van der Waals surface area contributed by atoms with Crippen LogP contribution in [0.2, 0.25) is 0 Å². The third-order valence-electron chi connectivity index (χ3n) is 6.94. The van der Waals surface area contributed by atoms with Gasteiger partial charge in [0.15, 0.2) is 0 Å². The number of hydrogen-bond donors (Lipinski definition) is 1. The van der Waals surface area contributed by atoms with Gasteiger partial charge in [0.05, 0.1) is 12.6 Å². The van der Waals surface area contributed by atoms with Crippen molar-refractivity contribution in [3.05, 3.63) is 96.6 Å². The Balaban J connectivity index is 1.48. The number of benzene rings is 3. The van der Waals surface area contributed by atoms with E-state index >= 15 is 0 Å². The molecule has 194 valence electrons. The van der Waals surface area contributed by atoms with Crippen LogP contribution < -0.4 is 10.1 Å². The van der Waals surface area contributed by atoms with Crippen LogP contribution in [0.4, 0.5) is 5.69 Å². The van der Waals surface area contributed by atoms with Gasteiger partial charge in [-0.3, -0.25) is 9.59 Å². The lowest BCUT2D eigenvalue weighted by molar-refractivity contribution is -0.142. The summed E-state index contributed by atoms with van der Waals surface area (Å²) in [6, 6.07) is 23.9. The Morgan fingerprint density at radius 3 is 2.53 bits per heavy atom. The molecule has 1 aromatic heterocycles. The summed E-state index contributed by atoms with van der Waals surface area (Å²) in [6.45, 7) is 0.301. The number of aromatic nitrogens is 3. The lowest BCUT2D eigenvalue weighted by atomic mass is 9.85. The number of ether oxygens (including phenoxy) is 1. The maximum Gasteiger partial charge on any atom is 0.247 e.